The standard InChI is InChI=1S/C15H17BrN2/c1-11-3-2-4-12(5-11)7-15(17)8-13-6-14(16)10-18-9-13/h2-6,9-10,15H,7-8,17H2,1H3. The lowest BCUT2D eigenvalue weighted by Crippen LogP contribution is -2.25. The summed E-state index contributed by atoms with van der Waals surface area (Å²) in [5, 5.41) is 0. The molecule has 0 spiro atoms. The van der Waals surface area contributed by atoms with Gasteiger partial charge in [0.05, 0.1) is 0 Å². The van der Waals surface area contributed by atoms with Crippen LogP contribution in [0.3, 0.4) is 0 Å². The van der Waals surface area contributed by atoms with Crippen molar-refractivity contribution in [2.24, 2.45) is 5.73 Å². The second kappa shape index (κ2) is 6.12. The van der Waals surface area contributed by atoms with Crippen LogP contribution >= 0.6 is 15.9 Å². The van der Waals surface area contributed by atoms with Crippen molar-refractivity contribution in [1.82, 2.24) is 4.98 Å². The maximum Gasteiger partial charge on any atom is 0.0410 e. The van der Waals surface area contributed by atoms with Crippen LogP contribution in [-0.2, 0) is 12.8 Å². The topological polar surface area (TPSA) is 38.9 Å². The molecule has 0 radical (unpaired) electrons. The van der Waals surface area contributed by atoms with Gasteiger partial charge in [0.15, 0.2) is 0 Å². The first-order chi connectivity index (χ1) is 8.63. The Kier molecular flexibility index (Phi) is 4.50. The summed E-state index contributed by atoms with van der Waals surface area (Å²) in [5.74, 6) is 0. The molecule has 0 saturated carbocycles. The molecule has 0 bridgehead atoms. The highest BCUT2D eigenvalue weighted by Gasteiger charge is 2.06. The van der Waals surface area contributed by atoms with Crippen LogP contribution in [0, 0.1) is 6.92 Å². The van der Waals surface area contributed by atoms with Crippen molar-refractivity contribution < 1.29 is 0 Å². The van der Waals surface area contributed by atoms with Gasteiger partial charge in [-0.25, -0.2) is 0 Å². The van der Waals surface area contributed by atoms with Crippen LogP contribution < -0.4 is 5.73 Å². The minimum atomic E-state index is 0.128. The van der Waals surface area contributed by atoms with Crippen LogP contribution in [0.4, 0.5) is 0 Å². The Bertz CT molecular complexity index is 478. The molecule has 0 fully saturated rings. The second-order valence-electron chi connectivity index (χ2n) is 4.67. The highest BCUT2D eigenvalue weighted by molar-refractivity contribution is 9.10. The number of nitrogens with zero attached hydrogens (tertiary/aromatic N) is 1. The van der Waals surface area contributed by atoms with E-state index in [9.17, 15) is 0 Å². The molecule has 1 unspecified atom stereocenters. The predicted octanol–water partition coefficient (Wildman–Crippen LogP) is 3.27. The normalized spacial score (nSPS) is 12.4. The van der Waals surface area contributed by atoms with Gasteiger partial charge in [-0.05, 0) is 52.9 Å². The highest BCUT2D eigenvalue weighted by Crippen LogP contribution is 2.13. The molecule has 0 aliphatic rings. The number of aryl methyl sites for hydroxylation is 1. The van der Waals surface area contributed by atoms with Crippen molar-refractivity contribution >= 4 is 15.9 Å². The quantitative estimate of drug-likeness (QED) is 0.941. The third kappa shape index (κ3) is 3.93. The molecule has 2 N–H and O–H groups in total. The summed E-state index contributed by atoms with van der Waals surface area (Å²) >= 11 is 3.43. The van der Waals surface area contributed by atoms with Gasteiger partial charge in [0, 0.05) is 22.9 Å². The molecular formula is C15H17BrN2. The Labute approximate surface area is 116 Å². The zero-order valence-electron chi connectivity index (χ0n) is 10.4. The number of aromatic nitrogens is 1. The monoisotopic (exact) mass is 304 g/mol. The largest absolute Gasteiger partial charge is 0.327 e. The van der Waals surface area contributed by atoms with Crippen LogP contribution in [-0.4, -0.2) is 11.0 Å². The Balaban J connectivity index is 1.98. The summed E-state index contributed by atoms with van der Waals surface area (Å²) in [4.78, 5) is 4.16. The van der Waals surface area contributed by atoms with E-state index in [2.05, 4.69) is 58.2 Å². The van der Waals surface area contributed by atoms with E-state index < -0.39 is 0 Å². The molecule has 2 aromatic rings. The van der Waals surface area contributed by atoms with Gasteiger partial charge >= 0.3 is 0 Å². The van der Waals surface area contributed by atoms with Crippen molar-refractivity contribution in [3.63, 3.8) is 0 Å². The summed E-state index contributed by atoms with van der Waals surface area (Å²) in [6.07, 6.45) is 5.41. The summed E-state index contributed by atoms with van der Waals surface area (Å²) in [6, 6.07) is 10.7. The van der Waals surface area contributed by atoms with Crippen molar-refractivity contribution in [1.29, 1.82) is 0 Å². The van der Waals surface area contributed by atoms with Gasteiger partial charge in [0.2, 0.25) is 0 Å². The molecule has 1 aromatic carbocycles. The number of benzene rings is 1. The maximum atomic E-state index is 6.19. The lowest BCUT2D eigenvalue weighted by molar-refractivity contribution is 0.663. The SMILES string of the molecule is Cc1cccc(CC(N)Cc2cncc(Br)c2)c1. The number of hydrogen-bond acceptors (Lipinski definition) is 2. The molecule has 2 rings (SSSR count). The number of nitrogens with two attached hydrogens (primary N) is 1. The molecule has 1 atom stereocenters. The van der Waals surface area contributed by atoms with Gasteiger partial charge in [-0.1, -0.05) is 29.8 Å². The van der Waals surface area contributed by atoms with Gasteiger partial charge in [-0.2, -0.15) is 0 Å². The zero-order valence-corrected chi connectivity index (χ0v) is 12.0. The smallest absolute Gasteiger partial charge is 0.0410 e. The van der Waals surface area contributed by atoms with Crippen LogP contribution in [0.5, 0.6) is 0 Å². The van der Waals surface area contributed by atoms with Crippen molar-refractivity contribution in [2.45, 2.75) is 25.8 Å². The fraction of sp³-hybridized carbons (Fsp3) is 0.267. The van der Waals surface area contributed by atoms with Crippen molar-refractivity contribution in [3.05, 3.63) is 63.9 Å². The van der Waals surface area contributed by atoms with E-state index in [1.807, 2.05) is 6.20 Å². The Morgan fingerprint density at radius 1 is 1.17 bits per heavy atom. The van der Waals surface area contributed by atoms with E-state index in [4.69, 9.17) is 5.73 Å². The lowest BCUT2D eigenvalue weighted by atomic mass is 10.00. The molecule has 1 heterocycles. The van der Waals surface area contributed by atoms with Crippen LogP contribution in [0.2, 0.25) is 0 Å². The molecule has 18 heavy (non-hydrogen) atoms. The molecule has 94 valence electrons. The van der Waals surface area contributed by atoms with Crippen molar-refractivity contribution in [2.75, 3.05) is 0 Å². The third-order valence-electron chi connectivity index (χ3n) is 2.84. The summed E-state index contributed by atoms with van der Waals surface area (Å²) < 4.78 is 1.00. The first-order valence-corrected chi connectivity index (χ1v) is 6.83. The number of hydrogen-bond donors (Lipinski definition) is 1. The van der Waals surface area contributed by atoms with Crippen LogP contribution in [0.15, 0.2) is 47.2 Å². The van der Waals surface area contributed by atoms with E-state index in [1.54, 1.807) is 6.20 Å². The van der Waals surface area contributed by atoms with Crippen molar-refractivity contribution in [3.8, 4) is 0 Å². The number of rotatable bonds is 4. The summed E-state index contributed by atoms with van der Waals surface area (Å²) in [6.45, 7) is 2.10. The van der Waals surface area contributed by atoms with E-state index in [0.717, 1.165) is 17.3 Å². The third-order valence-corrected chi connectivity index (χ3v) is 3.27. The Morgan fingerprint density at radius 2 is 1.94 bits per heavy atom. The van der Waals surface area contributed by atoms with Gasteiger partial charge in [-0.15, -0.1) is 0 Å². The fourth-order valence-corrected chi connectivity index (χ4v) is 2.50. The Hall–Kier alpha value is -1.19. The van der Waals surface area contributed by atoms with Gasteiger partial charge in [0.25, 0.3) is 0 Å². The van der Waals surface area contributed by atoms with Crippen LogP contribution in [0.25, 0.3) is 0 Å². The number of pyridine rings is 1. The van der Waals surface area contributed by atoms with Gasteiger partial charge in [0.1, 0.15) is 0 Å². The first kappa shape index (κ1) is 13.2. The van der Waals surface area contributed by atoms with Gasteiger partial charge < -0.3 is 5.73 Å². The maximum absolute atomic E-state index is 6.19. The molecule has 0 aliphatic carbocycles. The minimum absolute atomic E-state index is 0.128. The summed E-state index contributed by atoms with van der Waals surface area (Å²) in [7, 11) is 0. The zero-order chi connectivity index (χ0) is 13.0. The molecule has 1 aromatic heterocycles. The van der Waals surface area contributed by atoms with E-state index in [1.165, 1.54) is 16.7 Å². The molecule has 0 amide bonds. The Morgan fingerprint density at radius 3 is 2.67 bits per heavy atom. The van der Waals surface area contributed by atoms with E-state index in [0.29, 0.717) is 0 Å². The molecule has 0 saturated heterocycles. The summed E-state index contributed by atoms with van der Waals surface area (Å²) in [5.41, 5.74) is 9.94. The molecule has 2 nitrogen and oxygen atoms in total. The van der Waals surface area contributed by atoms with Crippen LogP contribution in [0.1, 0.15) is 16.7 Å². The number of halogens is 1. The first-order valence-electron chi connectivity index (χ1n) is 6.04. The lowest BCUT2D eigenvalue weighted by Gasteiger charge is -2.12. The van der Waals surface area contributed by atoms with Gasteiger partial charge in [-0.3, -0.25) is 4.98 Å². The second-order valence-corrected chi connectivity index (χ2v) is 5.58. The van der Waals surface area contributed by atoms with E-state index in [-0.39, 0.29) is 6.04 Å². The fourth-order valence-electron chi connectivity index (χ4n) is 2.08. The predicted molar refractivity (Wildman–Crippen MR) is 78.5 cm³/mol. The average molecular weight is 305 g/mol. The minimum Gasteiger partial charge on any atom is -0.327 e. The molecular weight excluding hydrogens is 288 g/mol. The van der Waals surface area contributed by atoms with E-state index >= 15 is 0 Å². The average Bonchev–Trinajstić information content (AvgIpc) is 2.28. The molecule has 3 heteroatoms. The highest BCUT2D eigenvalue weighted by atomic mass is 79.9. The molecule has 0 aliphatic heterocycles.